The molecular formula is C25H29F6N. The maximum absolute atomic E-state index is 13.3. The maximum atomic E-state index is 13.3. The van der Waals surface area contributed by atoms with Gasteiger partial charge in [0, 0.05) is 12.6 Å². The molecule has 0 bridgehead atoms. The smallest absolute Gasteiger partial charge is 0.297 e. The first kappa shape index (κ1) is 24.6. The van der Waals surface area contributed by atoms with E-state index in [2.05, 4.69) is 30.9 Å². The Labute approximate surface area is 185 Å². The summed E-state index contributed by atoms with van der Waals surface area (Å²) in [6, 6.07) is 17.2. The van der Waals surface area contributed by atoms with Crippen LogP contribution in [-0.2, 0) is 13.0 Å². The number of nitrogens with zero attached hydrogens (tertiary/aromatic N) is 1. The Morgan fingerprint density at radius 3 is 2.00 bits per heavy atom. The van der Waals surface area contributed by atoms with Gasteiger partial charge in [-0.25, -0.2) is 0 Å². The molecule has 32 heavy (non-hydrogen) atoms. The number of aryl methyl sites for hydroxylation is 1. The van der Waals surface area contributed by atoms with Crippen LogP contribution in [0.5, 0.6) is 0 Å². The lowest BCUT2D eigenvalue weighted by Gasteiger charge is -2.46. The molecule has 3 rings (SSSR count). The van der Waals surface area contributed by atoms with Gasteiger partial charge in [0.05, 0.1) is 11.8 Å². The molecule has 2 aromatic carbocycles. The Kier molecular flexibility index (Phi) is 7.58. The lowest BCUT2D eigenvalue weighted by Crippen LogP contribution is -2.51. The zero-order valence-corrected chi connectivity index (χ0v) is 18.3. The van der Waals surface area contributed by atoms with Crippen LogP contribution in [0.25, 0.3) is 0 Å². The molecule has 0 aliphatic heterocycles. The molecule has 3 atom stereocenters. The van der Waals surface area contributed by atoms with Gasteiger partial charge in [-0.1, -0.05) is 54.6 Å². The van der Waals surface area contributed by atoms with Crippen LogP contribution in [-0.4, -0.2) is 29.8 Å². The lowest BCUT2D eigenvalue weighted by molar-refractivity contribution is -0.292. The van der Waals surface area contributed by atoms with Crippen molar-refractivity contribution >= 4 is 0 Å². The largest absolute Gasteiger partial charge is 0.393 e. The molecule has 1 fully saturated rings. The number of benzene rings is 2. The third-order valence-corrected chi connectivity index (χ3v) is 6.45. The van der Waals surface area contributed by atoms with Gasteiger partial charge < -0.3 is 0 Å². The van der Waals surface area contributed by atoms with Crippen molar-refractivity contribution < 1.29 is 26.3 Å². The summed E-state index contributed by atoms with van der Waals surface area (Å²) in [4.78, 5) is 2.36. The lowest BCUT2D eigenvalue weighted by atomic mass is 9.61. The van der Waals surface area contributed by atoms with E-state index < -0.39 is 36.5 Å². The van der Waals surface area contributed by atoms with Crippen LogP contribution >= 0.6 is 0 Å². The molecule has 176 valence electrons. The molecule has 0 saturated heterocycles. The van der Waals surface area contributed by atoms with E-state index in [-0.39, 0.29) is 0 Å². The molecule has 2 aromatic rings. The highest BCUT2D eigenvalue weighted by molar-refractivity contribution is 5.29. The third kappa shape index (κ3) is 6.06. The minimum absolute atomic E-state index is 0.337. The third-order valence-electron chi connectivity index (χ3n) is 6.45. The summed E-state index contributed by atoms with van der Waals surface area (Å²) in [7, 11) is 0. The van der Waals surface area contributed by atoms with Gasteiger partial charge in [0.1, 0.15) is 0 Å². The molecule has 0 aromatic heterocycles. The van der Waals surface area contributed by atoms with E-state index in [1.165, 1.54) is 5.56 Å². The summed E-state index contributed by atoms with van der Waals surface area (Å²) in [6.45, 7) is 6.00. The number of alkyl halides is 6. The molecule has 0 N–H and O–H groups in total. The van der Waals surface area contributed by atoms with Crippen LogP contribution in [0.1, 0.15) is 49.3 Å². The normalized spacial score (nSPS) is 21.8. The fraction of sp³-hybridized carbons (Fsp3) is 0.520. The predicted octanol–water partition coefficient (Wildman–Crippen LogP) is 7.37. The van der Waals surface area contributed by atoms with E-state index in [1.807, 2.05) is 18.2 Å². The fourth-order valence-corrected chi connectivity index (χ4v) is 4.54. The van der Waals surface area contributed by atoms with E-state index in [0.29, 0.717) is 11.6 Å². The summed E-state index contributed by atoms with van der Waals surface area (Å²) in [5.74, 6) is -5.79. The van der Waals surface area contributed by atoms with E-state index in [0.717, 1.165) is 31.5 Å². The van der Waals surface area contributed by atoms with Gasteiger partial charge in [0.2, 0.25) is 0 Å². The Balaban J connectivity index is 1.56. The van der Waals surface area contributed by atoms with Gasteiger partial charge in [0.15, 0.2) is 0 Å². The Hall–Kier alpha value is -2.02. The van der Waals surface area contributed by atoms with Gasteiger partial charge in [-0.3, -0.25) is 4.90 Å². The average molecular weight is 458 g/mol. The Morgan fingerprint density at radius 2 is 1.47 bits per heavy atom. The average Bonchev–Trinajstić information content (AvgIpc) is 2.66. The molecule has 1 nitrogen and oxygen atoms in total. The standard InChI is InChI=1S/C25H29F6N/c1-17(2)32(16-19-7-4-3-5-8-19)14-6-9-18-10-12-20(13-11-18)21-15-22(24(26,27)28)23(21)25(29,30)31/h3-5,7-8,10-13,17,21-23H,6,9,14-16H2,1-2H3. The number of hydrogen-bond donors (Lipinski definition) is 0. The van der Waals surface area contributed by atoms with Crippen molar-refractivity contribution in [1.29, 1.82) is 0 Å². The van der Waals surface area contributed by atoms with Crippen LogP contribution < -0.4 is 0 Å². The minimum atomic E-state index is -4.86. The highest BCUT2D eigenvalue weighted by atomic mass is 19.4. The molecule has 0 radical (unpaired) electrons. The molecule has 0 amide bonds. The summed E-state index contributed by atoms with van der Waals surface area (Å²) in [5, 5.41) is 0. The zero-order chi connectivity index (χ0) is 23.5. The zero-order valence-electron chi connectivity index (χ0n) is 18.3. The van der Waals surface area contributed by atoms with Crippen molar-refractivity contribution in [2.24, 2.45) is 11.8 Å². The first-order valence-electron chi connectivity index (χ1n) is 11.0. The van der Waals surface area contributed by atoms with Crippen LogP contribution in [0, 0.1) is 11.8 Å². The summed E-state index contributed by atoms with van der Waals surface area (Å²) >= 11 is 0. The quantitative estimate of drug-likeness (QED) is 0.374. The van der Waals surface area contributed by atoms with E-state index in [4.69, 9.17) is 0 Å². The van der Waals surface area contributed by atoms with Crippen LogP contribution in [0.2, 0.25) is 0 Å². The van der Waals surface area contributed by atoms with E-state index >= 15 is 0 Å². The van der Waals surface area contributed by atoms with Crippen molar-refractivity contribution in [1.82, 2.24) is 4.90 Å². The van der Waals surface area contributed by atoms with Crippen molar-refractivity contribution in [3.8, 4) is 0 Å². The van der Waals surface area contributed by atoms with Crippen molar-refractivity contribution in [3.63, 3.8) is 0 Å². The molecule has 3 unspecified atom stereocenters. The van der Waals surface area contributed by atoms with Crippen molar-refractivity contribution in [2.45, 2.75) is 64.0 Å². The van der Waals surface area contributed by atoms with Crippen molar-refractivity contribution in [3.05, 3.63) is 71.3 Å². The molecule has 0 heterocycles. The first-order valence-corrected chi connectivity index (χ1v) is 11.0. The van der Waals surface area contributed by atoms with Crippen LogP contribution in [0.3, 0.4) is 0 Å². The van der Waals surface area contributed by atoms with Gasteiger partial charge in [-0.2, -0.15) is 26.3 Å². The molecular weight excluding hydrogens is 428 g/mol. The van der Waals surface area contributed by atoms with Gasteiger partial charge in [-0.15, -0.1) is 0 Å². The van der Waals surface area contributed by atoms with Gasteiger partial charge in [-0.05, 0) is 62.3 Å². The van der Waals surface area contributed by atoms with E-state index in [9.17, 15) is 26.3 Å². The van der Waals surface area contributed by atoms with Crippen LogP contribution in [0.4, 0.5) is 26.3 Å². The second-order valence-electron chi connectivity index (χ2n) is 8.95. The predicted molar refractivity (Wildman–Crippen MR) is 113 cm³/mol. The Morgan fingerprint density at radius 1 is 0.844 bits per heavy atom. The SMILES string of the molecule is CC(C)N(CCCc1ccc(C2CC(C(F)(F)F)C2C(F)(F)F)cc1)Cc1ccccc1. The molecule has 0 spiro atoms. The highest BCUT2D eigenvalue weighted by Crippen LogP contribution is 2.59. The first-order chi connectivity index (χ1) is 15.0. The number of halogens is 6. The van der Waals surface area contributed by atoms with Crippen molar-refractivity contribution in [2.75, 3.05) is 6.54 Å². The number of hydrogen-bond acceptors (Lipinski definition) is 1. The molecule has 1 aliphatic rings. The van der Waals surface area contributed by atoms with Gasteiger partial charge in [0.25, 0.3) is 0 Å². The monoisotopic (exact) mass is 457 g/mol. The second-order valence-corrected chi connectivity index (χ2v) is 8.95. The number of rotatable bonds is 8. The Bertz CT molecular complexity index is 841. The van der Waals surface area contributed by atoms with Crippen LogP contribution in [0.15, 0.2) is 54.6 Å². The summed E-state index contributed by atoms with van der Waals surface area (Å²) in [5.41, 5.74) is 2.55. The van der Waals surface area contributed by atoms with E-state index in [1.54, 1.807) is 24.3 Å². The molecule has 1 saturated carbocycles. The fourth-order valence-electron chi connectivity index (χ4n) is 4.54. The maximum Gasteiger partial charge on any atom is 0.393 e. The topological polar surface area (TPSA) is 3.24 Å². The highest BCUT2D eigenvalue weighted by Gasteiger charge is 2.64. The summed E-state index contributed by atoms with van der Waals surface area (Å²) in [6.07, 6.45) is -8.54. The minimum Gasteiger partial charge on any atom is -0.297 e. The molecule has 1 aliphatic carbocycles. The second kappa shape index (κ2) is 9.86. The molecule has 7 heteroatoms. The summed E-state index contributed by atoms with van der Waals surface area (Å²) < 4.78 is 78.6. The van der Waals surface area contributed by atoms with Gasteiger partial charge >= 0.3 is 12.4 Å².